The second-order valence-electron chi connectivity index (χ2n) is 4.89. The molecule has 5 heteroatoms. The Morgan fingerprint density at radius 2 is 2.17 bits per heavy atom. The molecule has 1 rings (SSSR count). The zero-order chi connectivity index (χ0) is 13.9. The van der Waals surface area contributed by atoms with E-state index in [-0.39, 0.29) is 23.1 Å². The first kappa shape index (κ1) is 14.8. The SMILES string of the molecule is CC(C)C(C)(CN)NC(=O)c1cc(O)ccc1Cl. The molecule has 0 bridgehead atoms. The van der Waals surface area contributed by atoms with Gasteiger partial charge >= 0.3 is 0 Å². The van der Waals surface area contributed by atoms with Crippen molar-refractivity contribution in [2.45, 2.75) is 26.3 Å². The Hall–Kier alpha value is -1.26. The van der Waals surface area contributed by atoms with Crippen LogP contribution in [0.4, 0.5) is 0 Å². The summed E-state index contributed by atoms with van der Waals surface area (Å²) in [6, 6.07) is 4.26. The highest BCUT2D eigenvalue weighted by molar-refractivity contribution is 6.33. The number of phenols is 1. The van der Waals surface area contributed by atoms with Crippen LogP contribution in [0.3, 0.4) is 0 Å². The molecule has 4 N–H and O–H groups in total. The largest absolute Gasteiger partial charge is 0.508 e. The number of phenolic OH excluding ortho intramolecular Hbond substituents is 1. The highest BCUT2D eigenvalue weighted by Crippen LogP contribution is 2.23. The van der Waals surface area contributed by atoms with Crippen molar-refractivity contribution >= 4 is 17.5 Å². The monoisotopic (exact) mass is 270 g/mol. The molecule has 0 saturated heterocycles. The number of benzene rings is 1. The lowest BCUT2D eigenvalue weighted by Crippen LogP contribution is -2.55. The van der Waals surface area contributed by atoms with E-state index in [2.05, 4.69) is 5.32 Å². The average molecular weight is 271 g/mol. The molecule has 0 aromatic heterocycles. The van der Waals surface area contributed by atoms with Crippen molar-refractivity contribution in [3.63, 3.8) is 0 Å². The van der Waals surface area contributed by atoms with Crippen LogP contribution in [0, 0.1) is 5.92 Å². The third-order valence-electron chi connectivity index (χ3n) is 3.29. The van der Waals surface area contributed by atoms with Gasteiger partial charge in [-0.3, -0.25) is 4.79 Å². The van der Waals surface area contributed by atoms with E-state index in [1.165, 1.54) is 18.2 Å². The van der Waals surface area contributed by atoms with Crippen LogP contribution in [0.5, 0.6) is 5.75 Å². The van der Waals surface area contributed by atoms with Gasteiger partial charge < -0.3 is 16.2 Å². The zero-order valence-electron chi connectivity index (χ0n) is 10.8. The molecular formula is C13H19ClN2O2. The average Bonchev–Trinajstić information content (AvgIpc) is 2.31. The Morgan fingerprint density at radius 3 is 2.67 bits per heavy atom. The van der Waals surface area contributed by atoms with Crippen LogP contribution in [0.1, 0.15) is 31.1 Å². The van der Waals surface area contributed by atoms with Gasteiger partial charge in [0.15, 0.2) is 0 Å². The van der Waals surface area contributed by atoms with E-state index in [0.717, 1.165) is 0 Å². The number of nitrogens with two attached hydrogens (primary N) is 1. The fourth-order valence-corrected chi connectivity index (χ4v) is 1.65. The number of carbonyl (C=O) groups excluding carboxylic acids is 1. The Morgan fingerprint density at radius 1 is 1.56 bits per heavy atom. The van der Waals surface area contributed by atoms with Crippen LogP contribution in [0.25, 0.3) is 0 Å². The molecule has 0 fully saturated rings. The van der Waals surface area contributed by atoms with E-state index in [1.54, 1.807) is 0 Å². The molecule has 0 radical (unpaired) electrons. The van der Waals surface area contributed by atoms with E-state index < -0.39 is 5.54 Å². The third-order valence-corrected chi connectivity index (χ3v) is 3.62. The molecule has 0 heterocycles. The summed E-state index contributed by atoms with van der Waals surface area (Å²) >= 11 is 5.94. The Balaban J connectivity index is 2.98. The summed E-state index contributed by atoms with van der Waals surface area (Å²) in [5, 5.41) is 12.6. The molecule has 4 nitrogen and oxygen atoms in total. The predicted molar refractivity (Wildman–Crippen MR) is 72.9 cm³/mol. The first-order valence-corrected chi connectivity index (χ1v) is 6.19. The number of amides is 1. The van der Waals surface area contributed by atoms with Gasteiger partial charge in [0.2, 0.25) is 0 Å². The lowest BCUT2D eigenvalue weighted by Gasteiger charge is -2.33. The summed E-state index contributed by atoms with van der Waals surface area (Å²) in [4.78, 5) is 12.1. The van der Waals surface area contributed by atoms with Gasteiger partial charge in [0.25, 0.3) is 5.91 Å². The molecule has 100 valence electrons. The van der Waals surface area contributed by atoms with Gasteiger partial charge in [-0.25, -0.2) is 0 Å². The zero-order valence-corrected chi connectivity index (χ0v) is 11.6. The fraction of sp³-hybridized carbons (Fsp3) is 0.462. The minimum Gasteiger partial charge on any atom is -0.508 e. The van der Waals surface area contributed by atoms with Crippen molar-refractivity contribution in [2.75, 3.05) is 6.54 Å². The van der Waals surface area contributed by atoms with Gasteiger partial charge in [-0.1, -0.05) is 25.4 Å². The van der Waals surface area contributed by atoms with E-state index in [4.69, 9.17) is 17.3 Å². The topological polar surface area (TPSA) is 75.3 Å². The normalized spacial score (nSPS) is 14.3. The quantitative estimate of drug-likeness (QED) is 0.785. The number of hydrogen-bond donors (Lipinski definition) is 3. The Labute approximate surface area is 112 Å². The van der Waals surface area contributed by atoms with Crippen molar-refractivity contribution < 1.29 is 9.90 Å². The van der Waals surface area contributed by atoms with Gasteiger partial charge in [0.05, 0.1) is 16.1 Å². The molecule has 1 unspecified atom stereocenters. The van der Waals surface area contributed by atoms with Crippen molar-refractivity contribution in [1.29, 1.82) is 0 Å². The number of carbonyl (C=O) groups is 1. The molecule has 1 aromatic rings. The third kappa shape index (κ3) is 3.15. The first-order chi connectivity index (χ1) is 8.30. The second kappa shape index (κ2) is 5.59. The van der Waals surface area contributed by atoms with Gasteiger partial charge in [-0.2, -0.15) is 0 Å². The molecule has 0 aliphatic heterocycles. The van der Waals surface area contributed by atoms with Crippen LogP contribution in [-0.2, 0) is 0 Å². The molecule has 0 saturated carbocycles. The first-order valence-electron chi connectivity index (χ1n) is 5.81. The van der Waals surface area contributed by atoms with Gasteiger partial charge in [0, 0.05) is 6.54 Å². The molecule has 1 amide bonds. The lowest BCUT2D eigenvalue weighted by atomic mass is 9.88. The number of rotatable bonds is 4. The van der Waals surface area contributed by atoms with Gasteiger partial charge in [-0.15, -0.1) is 0 Å². The van der Waals surface area contributed by atoms with E-state index >= 15 is 0 Å². The van der Waals surface area contributed by atoms with Crippen LogP contribution in [0.15, 0.2) is 18.2 Å². The summed E-state index contributed by atoms with van der Waals surface area (Å²) in [5.74, 6) is -0.149. The molecule has 0 aliphatic carbocycles. The van der Waals surface area contributed by atoms with E-state index in [9.17, 15) is 9.90 Å². The number of nitrogens with one attached hydrogen (secondary N) is 1. The summed E-state index contributed by atoms with van der Waals surface area (Å²) in [5.41, 5.74) is 5.44. The van der Waals surface area contributed by atoms with Crippen molar-refractivity contribution in [3.8, 4) is 5.75 Å². The smallest absolute Gasteiger partial charge is 0.253 e. The standard InChI is InChI=1S/C13H19ClN2O2/c1-8(2)13(3,7-15)16-12(18)10-6-9(17)4-5-11(10)14/h4-6,8,17H,7,15H2,1-3H3,(H,16,18). The Bertz CT molecular complexity index is 449. The van der Waals surface area contributed by atoms with E-state index in [0.29, 0.717) is 11.6 Å². The molecule has 1 aromatic carbocycles. The summed E-state index contributed by atoms with van der Waals surface area (Å²) < 4.78 is 0. The molecular weight excluding hydrogens is 252 g/mol. The minimum absolute atomic E-state index is 0.00329. The van der Waals surface area contributed by atoms with Crippen LogP contribution in [-0.4, -0.2) is 23.1 Å². The van der Waals surface area contributed by atoms with Crippen molar-refractivity contribution in [2.24, 2.45) is 11.7 Å². The highest BCUT2D eigenvalue weighted by atomic mass is 35.5. The van der Waals surface area contributed by atoms with Crippen LogP contribution < -0.4 is 11.1 Å². The summed E-state index contributed by atoms with van der Waals surface area (Å²) in [6.07, 6.45) is 0. The van der Waals surface area contributed by atoms with Crippen LogP contribution >= 0.6 is 11.6 Å². The van der Waals surface area contributed by atoms with E-state index in [1.807, 2.05) is 20.8 Å². The maximum absolute atomic E-state index is 12.1. The Kier molecular flexibility index (Phi) is 4.59. The molecule has 0 aliphatic rings. The van der Waals surface area contributed by atoms with Gasteiger partial charge in [0.1, 0.15) is 5.75 Å². The van der Waals surface area contributed by atoms with Crippen molar-refractivity contribution in [3.05, 3.63) is 28.8 Å². The number of halogens is 1. The number of hydrogen-bond acceptors (Lipinski definition) is 3. The fourth-order valence-electron chi connectivity index (χ4n) is 1.45. The summed E-state index contributed by atoms with van der Waals surface area (Å²) in [7, 11) is 0. The maximum atomic E-state index is 12.1. The summed E-state index contributed by atoms with van der Waals surface area (Å²) in [6.45, 7) is 6.17. The van der Waals surface area contributed by atoms with Crippen molar-refractivity contribution in [1.82, 2.24) is 5.32 Å². The lowest BCUT2D eigenvalue weighted by molar-refractivity contribution is 0.0883. The minimum atomic E-state index is -0.508. The van der Waals surface area contributed by atoms with Crippen LogP contribution in [0.2, 0.25) is 5.02 Å². The second-order valence-corrected chi connectivity index (χ2v) is 5.30. The molecule has 1 atom stereocenters. The molecule has 0 spiro atoms. The highest BCUT2D eigenvalue weighted by Gasteiger charge is 2.29. The molecule has 18 heavy (non-hydrogen) atoms. The predicted octanol–water partition coefficient (Wildman–Crippen LogP) is 2.15. The maximum Gasteiger partial charge on any atom is 0.253 e. The van der Waals surface area contributed by atoms with Gasteiger partial charge in [-0.05, 0) is 31.0 Å². The number of aromatic hydroxyl groups is 1.